The lowest BCUT2D eigenvalue weighted by Gasteiger charge is -2.35. The molecule has 0 saturated heterocycles. The van der Waals surface area contributed by atoms with Crippen LogP contribution < -0.4 is 4.90 Å². The highest BCUT2D eigenvalue weighted by molar-refractivity contribution is 6.09. The maximum absolute atomic E-state index is 2.56. The zero-order valence-electron chi connectivity index (χ0n) is 35.6. The van der Waals surface area contributed by atoms with Crippen LogP contribution in [0.15, 0.2) is 237 Å². The normalized spacial score (nSPS) is 18.0. The van der Waals surface area contributed by atoms with Crippen molar-refractivity contribution in [2.75, 3.05) is 4.90 Å². The molecule has 0 fully saturated rings. The van der Waals surface area contributed by atoms with Crippen molar-refractivity contribution in [3.8, 4) is 50.2 Å². The summed E-state index contributed by atoms with van der Waals surface area (Å²) in [5.74, 6) is 0.0341. The van der Waals surface area contributed by atoms with Gasteiger partial charge < -0.3 is 9.47 Å². The molecule has 13 rings (SSSR count). The molecule has 302 valence electrons. The summed E-state index contributed by atoms with van der Waals surface area (Å²) in [6, 6.07) is 79.2. The van der Waals surface area contributed by atoms with E-state index in [9.17, 15) is 0 Å². The summed E-state index contributed by atoms with van der Waals surface area (Å²) in [7, 11) is 0. The van der Waals surface area contributed by atoms with E-state index in [2.05, 4.69) is 253 Å². The number of rotatable bonds is 6. The van der Waals surface area contributed by atoms with Gasteiger partial charge in [0.25, 0.3) is 0 Å². The molecule has 64 heavy (non-hydrogen) atoms. The quantitative estimate of drug-likeness (QED) is 0.162. The maximum atomic E-state index is 2.56. The lowest BCUT2D eigenvalue weighted by atomic mass is 9.76. The molecule has 0 spiro atoms. The number of hydrogen-bond donors (Lipinski definition) is 0. The fourth-order valence-electron chi connectivity index (χ4n) is 11.4. The number of aromatic nitrogens is 1. The number of benzene rings is 9. The largest absolute Gasteiger partial charge is 0.333 e. The molecular formula is C62H44N2. The molecular weight excluding hydrogens is 773 g/mol. The van der Waals surface area contributed by atoms with Crippen molar-refractivity contribution in [2.24, 2.45) is 0 Å². The van der Waals surface area contributed by atoms with E-state index >= 15 is 0 Å². The van der Waals surface area contributed by atoms with Crippen LogP contribution in [0.5, 0.6) is 0 Å². The Labute approximate surface area is 374 Å². The van der Waals surface area contributed by atoms with Gasteiger partial charge in [0.15, 0.2) is 0 Å². The first-order valence-electron chi connectivity index (χ1n) is 22.5. The molecule has 0 radical (unpaired) electrons. The van der Waals surface area contributed by atoms with Crippen LogP contribution in [-0.4, -0.2) is 10.6 Å². The summed E-state index contributed by atoms with van der Waals surface area (Å²) < 4.78 is 2.44. The molecule has 0 saturated carbocycles. The van der Waals surface area contributed by atoms with Crippen molar-refractivity contribution in [3.05, 3.63) is 259 Å². The SMILES string of the molecule is CC12C=CC=CC1N(c1ccc(-c3cc(-c4ccccc4)ccc3C3c4ccccc4-c4cc(-n5c6ccccc6c6ccccc65)ccc43)c(-c3ccccc3)c1)c1ccccc12. The number of anilines is 2. The maximum Gasteiger partial charge on any atom is 0.0655 e. The molecule has 0 amide bonds. The summed E-state index contributed by atoms with van der Waals surface area (Å²) in [6.07, 6.45) is 9.18. The van der Waals surface area contributed by atoms with E-state index < -0.39 is 0 Å². The summed E-state index contributed by atoms with van der Waals surface area (Å²) in [4.78, 5) is 2.56. The third-order valence-corrected chi connectivity index (χ3v) is 14.4. The predicted molar refractivity (Wildman–Crippen MR) is 268 cm³/mol. The summed E-state index contributed by atoms with van der Waals surface area (Å²) in [6.45, 7) is 2.38. The molecule has 9 aromatic carbocycles. The number of hydrogen-bond acceptors (Lipinski definition) is 1. The molecule has 2 heterocycles. The fraction of sp³-hybridized carbons (Fsp3) is 0.0645. The number of fused-ring (bicyclic) bond motifs is 9. The van der Waals surface area contributed by atoms with Crippen LogP contribution in [-0.2, 0) is 5.41 Å². The molecule has 2 aliphatic carbocycles. The van der Waals surface area contributed by atoms with Crippen LogP contribution in [0.1, 0.15) is 35.1 Å². The number of para-hydroxylation sites is 3. The highest BCUT2D eigenvalue weighted by Crippen LogP contribution is 2.55. The molecule has 3 aliphatic rings. The molecule has 2 heteroatoms. The molecule has 1 aromatic heterocycles. The monoisotopic (exact) mass is 816 g/mol. The van der Waals surface area contributed by atoms with Gasteiger partial charge in [0.2, 0.25) is 0 Å². The van der Waals surface area contributed by atoms with Gasteiger partial charge in [-0.05, 0) is 122 Å². The molecule has 10 aromatic rings. The summed E-state index contributed by atoms with van der Waals surface area (Å²) in [5, 5.41) is 2.55. The third-order valence-electron chi connectivity index (χ3n) is 14.4. The van der Waals surface area contributed by atoms with Crippen LogP contribution in [0.4, 0.5) is 11.4 Å². The average Bonchev–Trinajstić information content (AvgIpc) is 3.97. The van der Waals surface area contributed by atoms with Gasteiger partial charge in [-0.2, -0.15) is 0 Å². The predicted octanol–water partition coefficient (Wildman–Crippen LogP) is 15.8. The molecule has 0 N–H and O–H groups in total. The molecule has 2 nitrogen and oxygen atoms in total. The molecule has 0 bridgehead atoms. The van der Waals surface area contributed by atoms with E-state index in [0.717, 1.165) is 0 Å². The second kappa shape index (κ2) is 14.3. The van der Waals surface area contributed by atoms with Crippen LogP contribution in [0, 0.1) is 0 Å². The van der Waals surface area contributed by atoms with Gasteiger partial charge in [-0.3, -0.25) is 0 Å². The first kappa shape index (κ1) is 36.7. The minimum Gasteiger partial charge on any atom is -0.333 e. The Morgan fingerprint density at radius 3 is 1.78 bits per heavy atom. The average molecular weight is 817 g/mol. The van der Waals surface area contributed by atoms with Crippen LogP contribution >= 0.6 is 0 Å². The van der Waals surface area contributed by atoms with E-state index in [1.807, 2.05) is 0 Å². The van der Waals surface area contributed by atoms with Crippen molar-refractivity contribution >= 4 is 33.2 Å². The second-order valence-corrected chi connectivity index (χ2v) is 17.8. The topological polar surface area (TPSA) is 8.17 Å². The first-order valence-corrected chi connectivity index (χ1v) is 22.5. The minimum absolute atomic E-state index is 0.0341. The fourth-order valence-corrected chi connectivity index (χ4v) is 11.4. The van der Waals surface area contributed by atoms with Crippen molar-refractivity contribution in [3.63, 3.8) is 0 Å². The van der Waals surface area contributed by atoms with Crippen molar-refractivity contribution < 1.29 is 0 Å². The Morgan fingerprint density at radius 1 is 0.406 bits per heavy atom. The standard InChI is InChI=1S/C62H44N2/c1-62-37-17-16-30-60(62)64(59-29-15-12-26-56(59)62)45-32-35-47(53(39-45)42-20-6-3-7-21-42)54-38-43(41-18-4-2-5-19-41)31-34-51(54)61-50-25-9-8-22-46(50)55-40-44(33-36-52(55)61)63-57-27-13-10-23-48(57)49-24-11-14-28-58(49)63/h2-40,60-61H,1H3. The van der Waals surface area contributed by atoms with Gasteiger partial charge in [-0.25, -0.2) is 0 Å². The van der Waals surface area contributed by atoms with Gasteiger partial charge in [-0.1, -0.05) is 188 Å². The van der Waals surface area contributed by atoms with E-state index in [4.69, 9.17) is 0 Å². The van der Waals surface area contributed by atoms with Gasteiger partial charge >= 0.3 is 0 Å². The van der Waals surface area contributed by atoms with Crippen molar-refractivity contribution in [1.29, 1.82) is 0 Å². The highest BCUT2D eigenvalue weighted by atomic mass is 15.2. The Balaban J connectivity index is 1.03. The molecule has 3 unspecified atom stereocenters. The van der Waals surface area contributed by atoms with E-state index in [1.54, 1.807) is 0 Å². The number of nitrogens with zero attached hydrogens (tertiary/aromatic N) is 2. The third kappa shape index (κ3) is 5.45. The van der Waals surface area contributed by atoms with E-state index in [-0.39, 0.29) is 17.4 Å². The van der Waals surface area contributed by atoms with E-state index in [0.29, 0.717) is 0 Å². The van der Waals surface area contributed by atoms with Gasteiger partial charge in [0.1, 0.15) is 0 Å². The minimum atomic E-state index is -0.126. The van der Waals surface area contributed by atoms with E-state index in [1.165, 1.54) is 106 Å². The first-order chi connectivity index (χ1) is 31.6. The summed E-state index contributed by atoms with van der Waals surface area (Å²) in [5.41, 5.74) is 21.2. The summed E-state index contributed by atoms with van der Waals surface area (Å²) >= 11 is 0. The van der Waals surface area contributed by atoms with Crippen LogP contribution in [0.3, 0.4) is 0 Å². The number of allylic oxidation sites excluding steroid dienone is 2. The lowest BCUT2D eigenvalue weighted by molar-refractivity contribution is 0.551. The highest BCUT2D eigenvalue weighted by Gasteiger charge is 2.46. The van der Waals surface area contributed by atoms with Crippen molar-refractivity contribution in [1.82, 2.24) is 4.57 Å². The lowest BCUT2D eigenvalue weighted by Crippen LogP contribution is -2.39. The van der Waals surface area contributed by atoms with Gasteiger partial charge in [0, 0.05) is 39.2 Å². The Hall–Kier alpha value is -7.94. The second-order valence-electron chi connectivity index (χ2n) is 17.8. The molecule has 1 aliphatic heterocycles. The van der Waals surface area contributed by atoms with Crippen LogP contribution in [0.25, 0.3) is 72.0 Å². The van der Waals surface area contributed by atoms with Gasteiger partial charge in [0.05, 0.1) is 17.1 Å². The van der Waals surface area contributed by atoms with Crippen molar-refractivity contribution in [2.45, 2.75) is 24.3 Å². The van der Waals surface area contributed by atoms with Gasteiger partial charge in [-0.15, -0.1) is 0 Å². The zero-order chi connectivity index (χ0) is 42.4. The Morgan fingerprint density at radius 2 is 1.00 bits per heavy atom. The van der Waals surface area contributed by atoms with Crippen LogP contribution in [0.2, 0.25) is 0 Å². The smallest absolute Gasteiger partial charge is 0.0655 e. The Kier molecular flexibility index (Phi) is 8.20. The Bertz CT molecular complexity index is 3480. The zero-order valence-corrected chi connectivity index (χ0v) is 35.6. The molecule has 3 atom stereocenters.